The number of rotatable bonds is 5. The normalized spacial score (nSPS) is 13.4. The van der Waals surface area contributed by atoms with Crippen LogP contribution in [-0.4, -0.2) is 35.8 Å². The molecule has 1 aliphatic rings. The van der Waals surface area contributed by atoms with Crippen molar-refractivity contribution < 1.29 is 9.59 Å². The minimum absolute atomic E-state index is 0.0177. The highest BCUT2D eigenvalue weighted by Crippen LogP contribution is 2.40. The van der Waals surface area contributed by atoms with E-state index in [4.69, 9.17) is 4.98 Å². The van der Waals surface area contributed by atoms with E-state index in [1.54, 1.807) is 31.1 Å². The number of hydrogen-bond acceptors (Lipinski definition) is 3. The van der Waals surface area contributed by atoms with Crippen LogP contribution in [-0.2, 0) is 6.54 Å². The number of amides is 2. The van der Waals surface area contributed by atoms with Crippen LogP contribution >= 0.6 is 0 Å². The molecule has 1 N–H and O–H groups in total. The Morgan fingerprint density at radius 2 is 1.82 bits per heavy atom. The third-order valence-corrected chi connectivity index (χ3v) is 5.17. The summed E-state index contributed by atoms with van der Waals surface area (Å²) in [6, 6.07) is 17.1. The van der Waals surface area contributed by atoms with Gasteiger partial charge >= 0.3 is 0 Å². The first-order valence-electron chi connectivity index (χ1n) is 9.53. The number of benzene rings is 2. The molecule has 0 bridgehead atoms. The van der Waals surface area contributed by atoms with Crippen LogP contribution in [0.15, 0.2) is 54.6 Å². The Morgan fingerprint density at radius 1 is 1.11 bits per heavy atom. The number of aromatic nitrogens is 1. The lowest BCUT2D eigenvalue weighted by Crippen LogP contribution is -2.26. The Hall–Kier alpha value is -3.21. The van der Waals surface area contributed by atoms with Crippen LogP contribution in [0.3, 0.4) is 0 Å². The van der Waals surface area contributed by atoms with Crippen LogP contribution in [0.2, 0.25) is 0 Å². The molecule has 2 aromatic carbocycles. The zero-order chi connectivity index (χ0) is 19.7. The number of carbonyl (C=O) groups excluding carboxylic acids is 2. The summed E-state index contributed by atoms with van der Waals surface area (Å²) in [5, 5.41) is 3.50. The second-order valence-electron chi connectivity index (χ2n) is 7.32. The van der Waals surface area contributed by atoms with Crippen LogP contribution < -0.4 is 5.32 Å². The topological polar surface area (TPSA) is 62.3 Å². The van der Waals surface area contributed by atoms with Gasteiger partial charge in [-0.2, -0.15) is 0 Å². The maximum absolute atomic E-state index is 13.2. The SMILES string of the molecule is CNC(=O)c1ccc(CN(C)C(=O)c2cc(C3CC3)nc3ccccc23)cc1. The van der Waals surface area contributed by atoms with E-state index in [1.165, 1.54) is 0 Å². The quantitative estimate of drug-likeness (QED) is 0.741. The summed E-state index contributed by atoms with van der Waals surface area (Å²) in [4.78, 5) is 31.4. The Morgan fingerprint density at radius 3 is 2.50 bits per heavy atom. The minimum atomic E-state index is -0.119. The first-order valence-corrected chi connectivity index (χ1v) is 9.53. The molecule has 1 aliphatic carbocycles. The van der Waals surface area contributed by atoms with Gasteiger partial charge in [0.25, 0.3) is 11.8 Å². The predicted octanol–water partition coefficient (Wildman–Crippen LogP) is 3.74. The first kappa shape index (κ1) is 18.2. The van der Waals surface area contributed by atoms with Crippen molar-refractivity contribution in [2.24, 2.45) is 0 Å². The second-order valence-corrected chi connectivity index (χ2v) is 7.32. The van der Waals surface area contributed by atoms with Crippen molar-refractivity contribution in [2.45, 2.75) is 25.3 Å². The van der Waals surface area contributed by atoms with E-state index in [2.05, 4.69) is 5.32 Å². The fraction of sp³-hybridized carbons (Fsp3) is 0.261. The van der Waals surface area contributed by atoms with Gasteiger partial charge < -0.3 is 10.2 Å². The zero-order valence-corrected chi connectivity index (χ0v) is 16.1. The molecule has 28 heavy (non-hydrogen) atoms. The molecule has 0 atom stereocenters. The van der Waals surface area contributed by atoms with Gasteiger partial charge in [-0.15, -0.1) is 0 Å². The molecule has 2 amide bonds. The van der Waals surface area contributed by atoms with E-state index in [0.717, 1.165) is 35.0 Å². The fourth-order valence-corrected chi connectivity index (χ4v) is 3.42. The highest BCUT2D eigenvalue weighted by molar-refractivity contribution is 6.06. The van der Waals surface area contributed by atoms with Gasteiger partial charge in [0.1, 0.15) is 0 Å². The molecular formula is C23H23N3O2. The summed E-state index contributed by atoms with van der Waals surface area (Å²) in [5.41, 5.74) is 4.18. The molecule has 1 aromatic heterocycles. The van der Waals surface area contributed by atoms with E-state index in [-0.39, 0.29) is 11.8 Å². The van der Waals surface area contributed by atoms with Crippen molar-refractivity contribution in [2.75, 3.05) is 14.1 Å². The van der Waals surface area contributed by atoms with Gasteiger partial charge in [0.2, 0.25) is 0 Å². The van der Waals surface area contributed by atoms with Crippen LogP contribution in [0.1, 0.15) is 50.7 Å². The monoisotopic (exact) mass is 373 g/mol. The highest BCUT2D eigenvalue weighted by atomic mass is 16.2. The predicted molar refractivity (Wildman–Crippen MR) is 109 cm³/mol. The molecule has 0 unspecified atom stereocenters. The van der Waals surface area contributed by atoms with Crippen molar-refractivity contribution >= 4 is 22.7 Å². The van der Waals surface area contributed by atoms with E-state index in [9.17, 15) is 9.59 Å². The fourth-order valence-electron chi connectivity index (χ4n) is 3.42. The van der Waals surface area contributed by atoms with Gasteiger partial charge in [-0.3, -0.25) is 14.6 Å². The lowest BCUT2D eigenvalue weighted by Gasteiger charge is -2.19. The molecule has 1 saturated carbocycles. The third kappa shape index (κ3) is 3.60. The van der Waals surface area contributed by atoms with Crippen molar-refractivity contribution in [3.8, 4) is 0 Å². The van der Waals surface area contributed by atoms with Gasteiger partial charge in [0.15, 0.2) is 0 Å². The molecule has 1 heterocycles. The molecule has 3 aromatic rings. The number of pyridine rings is 1. The zero-order valence-electron chi connectivity index (χ0n) is 16.1. The average Bonchev–Trinajstić information content (AvgIpc) is 3.57. The molecular weight excluding hydrogens is 350 g/mol. The molecule has 5 heteroatoms. The number of para-hydroxylation sites is 1. The van der Waals surface area contributed by atoms with Crippen molar-refractivity contribution in [1.29, 1.82) is 0 Å². The standard InChI is InChI=1S/C23H23N3O2/c1-24-22(27)17-9-7-15(8-10-17)14-26(2)23(28)19-13-21(16-11-12-16)25-20-6-4-3-5-18(19)20/h3-10,13,16H,11-12,14H2,1-2H3,(H,24,27). The van der Waals surface area contributed by atoms with Gasteiger partial charge in [-0.05, 0) is 42.7 Å². The number of hydrogen-bond donors (Lipinski definition) is 1. The summed E-state index contributed by atoms with van der Waals surface area (Å²) in [7, 11) is 3.42. The van der Waals surface area contributed by atoms with E-state index >= 15 is 0 Å². The summed E-state index contributed by atoms with van der Waals surface area (Å²) >= 11 is 0. The molecule has 0 spiro atoms. The summed E-state index contributed by atoms with van der Waals surface area (Å²) in [6.07, 6.45) is 2.29. The minimum Gasteiger partial charge on any atom is -0.355 e. The number of nitrogens with one attached hydrogen (secondary N) is 1. The molecule has 0 saturated heterocycles. The molecule has 1 fully saturated rings. The summed E-state index contributed by atoms with van der Waals surface area (Å²) < 4.78 is 0. The highest BCUT2D eigenvalue weighted by Gasteiger charge is 2.27. The van der Waals surface area contributed by atoms with E-state index in [1.807, 2.05) is 42.5 Å². The van der Waals surface area contributed by atoms with Crippen LogP contribution in [0.5, 0.6) is 0 Å². The molecule has 142 valence electrons. The van der Waals surface area contributed by atoms with Gasteiger partial charge in [-0.25, -0.2) is 0 Å². The number of fused-ring (bicyclic) bond motifs is 1. The third-order valence-electron chi connectivity index (χ3n) is 5.17. The number of carbonyl (C=O) groups is 2. The van der Waals surface area contributed by atoms with E-state index in [0.29, 0.717) is 23.6 Å². The second kappa shape index (κ2) is 7.43. The van der Waals surface area contributed by atoms with Crippen molar-refractivity contribution in [3.05, 3.63) is 77.0 Å². The van der Waals surface area contributed by atoms with Gasteiger partial charge in [-0.1, -0.05) is 30.3 Å². The molecule has 0 aliphatic heterocycles. The summed E-state index contributed by atoms with van der Waals surface area (Å²) in [5.74, 6) is 0.349. The van der Waals surface area contributed by atoms with Crippen LogP contribution in [0.25, 0.3) is 10.9 Å². The van der Waals surface area contributed by atoms with Crippen LogP contribution in [0.4, 0.5) is 0 Å². The lowest BCUT2D eigenvalue weighted by atomic mass is 10.0. The van der Waals surface area contributed by atoms with E-state index < -0.39 is 0 Å². The smallest absolute Gasteiger partial charge is 0.254 e. The molecule has 0 radical (unpaired) electrons. The van der Waals surface area contributed by atoms with Crippen LogP contribution in [0, 0.1) is 0 Å². The van der Waals surface area contributed by atoms with Gasteiger partial charge in [0.05, 0.1) is 11.1 Å². The lowest BCUT2D eigenvalue weighted by molar-refractivity contribution is 0.0786. The number of nitrogens with zero attached hydrogens (tertiary/aromatic N) is 2. The largest absolute Gasteiger partial charge is 0.355 e. The van der Waals surface area contributed by atoms with Crippen molar-refractivity contribution in [1.82, 2.24) is 15.2 Å². The Bertz CT molecular complexity index is 1040. The Labute approximate surface area is 164 Å². The first-order chi connectivity index (χ1) is 13.6. The maximum Gasteiger partial charge on any atom is 0.254 e. The maximum atomic E-state index is 13.2. The van der Waals surface area contributed by atoms with Crippen molar-refractivity contribution in [3.63, 3.8) is 0 Å². The molecule has 4 rings (SSSR count). The Balaban J connectivity index is 1.59. The molecule has 5 nitrogen and oxygen atoms in total. The summed E-state index contributed by atoms with van der Waals surface area (Å²) in [6.45, 7) is 0.474. The van der Waals surface area contributed by atoms with Gasteiger partial charge in [0, 0.05) is 43.2 Å². The Kier molecular flexibility index (Phi) is 4.82. The average molecular weight is 373 g/mol.